The fourth-order valence-electron chi connectivity index (χ4n) is 2.02. The fraction of sp³-hybridized carbons (Fsp3) is 0.333. The van der Waals surface area contributed by atoms with E-state index in [0.29, 0.717) is 10.6 Å². The zero-order valence-electron chi connectivity index (χ0n) is 11.0. The number of rotatable bonds is 3. The third-order valence-electron chi connectivity index (χ3n) is 2.83. The summed E-state index contributed by atoms with van der Waals surface area (Å²) >= 11 is 5.25. The highest BCUT2D eigenvalue weighted by molar-refractivity contribution is 7.71. The topological polar surface area (TPSA) is 28.7 Å². The van der Waals surface area contributed by atoms with Crippen LogP contribution in [-0.2, 0) is 6.42 Å². The largest absolute Gasteiger partial charge is 0.343 e. The smallest absolute Gasteiger partial charge is 0.139 e. The Labute approximate surface area is 113 Å². The fourth-order valence-corrected chi connectivity index (χ4v) is 2.26. The molecule has 1 aromatic heterocycles. The summed E-state index contributed by atoms with van der Waals surface area (Å²) in [6, 6.07) is 10.2. The van der Waals surface area contributed by atoms with Crippen LogP contribution in [0, 0.1) is 17.5 Å². The summed E-state index contributed by atoms with van der Waals surface area (Å²) < 4.78 is 0.655. The molecule has 0 unspecified atom stereocenters. The van der Waals surface area contributed by atoms with Crippen LogP contribution in [0.3, 0.4) is 0 Å². The molecule has 0 saturated heterocycles. The van der Waals surface area contributed by atoms with Crippen LogP contribution in [0.2, 0.25) is 0 Å². The summed E-state index contributed by atoms with van der Waals surface area (Å²) in [6.07, 6.45) is 0.991. The molecule has 94 valence electrons. The van der Waals surface area contributed by atoms with Crippen molar-refractivity contribution >= 4 is 12.2 Å². The second kappa shape index (κ2) is 5.44. The van der Waals surface area contributed by atoms with Crippen molar-refractivity contribution in [2.75, 3.05) is 0 Å². The van der Waals surface area contributed by atoms with Crippen molar-refractivity contribution in [3.05, 3.63) is 46.2 Å². The highest BCUT2D eigenvalue weighted by atomic mass is 32.1. The standard InChI is InChI=1S/C15H18N2S/c1-10(2)8-12-9-14(18)17-15(16-12)13-7-5-4-6-11(13)3/h4-7,9-10H,8H2,1-3H3,(H,16,17,18). The first kappa shape index (κ1) is 13.0. The molecule has 0 aliphatic carbocycles. The third kappa shape index (κ3) is 3.05. The van der Waals surface area contributed by atoms with Gasteiger partial charge in [-0.2, -0.15) is 0 Å². The number of aromatic nitrogens is 2. The van der Waals surface area contributed by atoms with E-state index in [-0.39, 0.29) is 0 Å². The lowest BCUT2D eigenvalue weighted by Crippen LogP contribution is -2.01. The molecule has 0 aliphatic heterocycles. The Morgan fingerprint density at radius 3 is 2.67 bits per heavy atom. The molecule has 0 spiro atoms. The summed E-state index contributed by atoms with van der Waals surface area (Å²) in [7, 11) is 0. The zero-order chi connectivity index (χ0) is 13.1. The Morgan fingerprint density at radius 2 is 2.00 bits per heavy atom. The molecule has 2 rings (SSSR count). The minimum atomic E-state index is 0.600. The molecule has 2 nitrogen and oxygen atoms in total. The minimum Gasteiger partial charge on any atom is -0.343 e. The summed E-state index contributed by atoms with van der Waals surface area (Å²) in [4.78, 5) is 7.83. The predicted octanol–water partition coefficient (Wildman–Crippen LogP) is 4.31. The second-order valence-corrected chi connectivity index (χ2v) is 5.42. The number of H-pyrrole nitrogens is 1. The number of benzene rings is 1. The average Bonchev–Trinajstić information content (AvgIpc) is 2.27. The summed E-state index contributed by atoms with van der Waals surface area (Å²) in [5.74, 6) is 1.47. The highest BCUT2D eigenvalue weighted by Crippen LogP contribution is 2.20. The molecule has 0 atom stereocenters. The predicted molar refractivity (Wildman–Crippen MR) is 78.1 cm³/mol. The Morgan fingerprint density at radius 1 is 1.28 bits per heavy atom. The minimum absolute atomic E-state index is 0.600. The number of nitrogens with zero attached hydrogens (tertiary/aromatic N) is 1. The Hall–Kier alpha value is -1.48. The van der Waals surface area contributed by atoms with Crippen LogP contribution in [0.1, 0.15) is 25.1 Å². The van der Waals surface area contributed by atoms with E-state index < -0.39 is 0 Å². The summed E-state index contributed by atoms with van der Waals surface area (Å²) in [5, 5.41) is 0. The number of hydrogen-bond acceptors (Lipinski definition) is 2. The van der Waals surface area contributed by atoms with Crippen molar-refractivity contribution in [3.63, 3.8) is 0 Å². The van der Waals surface area contributed by atoms with Crippen molar-refractivity contribution in [2.45, 2.75) is 27.2 Å². The maximum Gasteiger partial charge on any atom is 0.139 e. The van der Waals surface area contributed by atoms with Gasteiger partial charge in [-0.15, -0.1) is 0 Å². The molecule has 0 radical (unpaired) electrons. The van der Waals surface area contributed by atoms with Crippen molar-refractivity contribution in [1.29, 1.82) is 0 Å². The first-order valence-electron chi connectivity index (χ1n) is 6.22. The van der Waals surface area contributed by atoms with Crippen LogP contribution in [-0.4, -0.2) is 9.97 Å². The summed E-state index contributed by atoms with van der Waals surface area (Å²) in [6.45, 7) is 6.48. The highest BCUT2D eigenvalue weighted by Gasteiger charge is 2.06. The Bertz CT molecular complexity index is 599. The molecule has 0 saturated carbocycles. The van der Waals surface area contributed by atoms with Crippen molar-refractivity contribution < 1.29 is 0 Å². The molecule has 0 fully saturated rings. The van der Waals surface area contributed by atoms with E-state index in [9.17, 15) is 0 Å². The van der Waals surface area contributed by atoms with Crippen molar-refractivity contribution in [1.82, 2.24) is 9.97 Å². The van der Waals surface area contributed by atoms with E-state index in [4.69, 9.17) is 12.2 Å². The van der Waals surface area contributed by atoms with E-state index >= 15 is 0 Å². The van der Waals surface area contributed by atoms with Gasteiger partial charge in [0, 0.05) is 11.3 Å². The lowest BCUT2D eigenvalue weighted by Gasteiger charge is -2.09. The van der Waals surface area contributed by atoms with E-state index in [0.717, 1.165) is 23.5 Å². The van der Waals surface area contributed by atoms with Crippen LogP contribution >= 0.6 is 12.2 Å². The number of nitrogens with one attached hydrogen (secondary N) is 1. The summed E-state index contributed by atoms with van der Waals surface area (Å²) in [5.41, 5.74) is 3.48. The van der Waals surface area contributed by atoms with Gasteiger partial charge in [0.05, 0.1) is 0 Å². The molecule has 0 amide bonds. The van der Waals surface area contributed by atoms with Gasteiger partial charge in [-0.05, 0) is 30.9 Å². The average molecular weight is 258 g/mol. The Kier molecular flexibility index (Phi) is 3.92. The Balaban J connectivity index is 2.49. The van der Waals surface area contributed by atoms with Crippen molar-refractivity contribution in [3.8, 4) is 11.4 Å². The van der Waals surface area contributed by atoms with Crippen LogP contribution in [0.25, 0.3) is 11.4 Å². The molecular weight excluding hydrogens is 240 g/mol. The van der Waals surface area contributed by atoms with Crippen LogP contribution in [0.5, 0.6) is 0 Å². The molecular formula is C15H18N2S. The van der Waals surface area contributed by atoms with Crippen LogP contribution < -0.4 is 0 Å². The zero-order valence-corrected chi connectivity index (χ0v) is 11.8. The molecule has 0 bridgehead atoms. The molecule has 18 heavy (non-hydrogen) atoms. The first-order chi connectivity index (χ1) is 8.56. The van der Waals surface area contributed by atoms with Gasteiger partial charge in [0.25, 0.3) is 0 Å². The van der Waals surface area contributed by atoms with Crippen LogP contribution in [0.15, 0.2) is 30.3 Å². The maximum absolute atomic E-state index is 5.25. The van der Waals surface area contributed by atoms with E-state index in [1.165, 1.54) is 5.56 Å². The van der Waals surface area contributed by atoms with Gasteiger partial charge >= 0.3 is 0 Å². The first-order valence-corrected chi connectivity index (χ1v) is 6.63. The lowest BCUT2D eigenvalue weighted by atomic mass is 10.1. The second-order valence-electron chi connectivity index (χ2n) is 5.01. The van der Waals surface area contributed by atoms with E-state index in [1.54, 1.807) is 0 Å². The molecule has 0 aliphatic rings. The van der Waals surface area contributed by atoms with Crippen LogP contribution in [0.4, 0.5) is 0 Å². The normalized spacial score (nSPS) is 10.9. The van der Waals surface area contributed by atoms with E-state index in [2.05, 4.69) is 42.9 Å². The molecule has 1 aromatic carbocycles. The van der Waals surface area contributed by atoms with Gasteiger partial charge in [0.15, 0.2) is 0 Å². The van der Waals surface area contributed by atoms with Gasteiger partial charge in [-0.25, -0.2) is 4.98 Å². The van der Waals surface area contributed by atoms with Gasteiger partial charge in [0.1, 0.15) is 10.5 Å². The van der Waals surface area contributed by atoms with Gasteiger partial charge in [-0.3, -0.25) is 0 Å². The molecule has 1 N–H and O–H groups in total. The van der Waals surface area contributed by atoms with Gasteiger partial charge in [-0.1, -0.05) is 50.3 Å². The molecule has 3 heteroatoms. The van der Waals surface area contributed by atoms with Gasteiger partial charge in [0.2, 0.25) is 0 Å². The quantitative estimate of drug-likeness (QED) is 0.831. The monoisotopic (exact) mass is 258 g/mol. The molecule has 2 aromatic rings. The SMILES string of the molecule is Cc1ccccc1-c1nc(=S)cc(CC(C)C)[nH]1. The lowest BCUT2D eigenvalue weighted by molar-refractivity contribution is 0.634. The number of aryl methyl sites for hydroxylation is 1. The maximum atomic E-state index is 5.25. The molecule has 1 heterocycles. The van der Waals surface area contributed by atoms with E-state index in [1.807, 2.05) is 18.2 Å². The van der Waals surface area contributed by atoms with Gasteiger partial charge < -0.3 is 4.98 Å². The van der Waals surface area contributed by atoms with Crippen molar-refractivity contribution in [2.24, 2.45) is 5.92 Å². The number of aromatic amines is 1. The number of hydrogen-bond donors (Lipinski definition) is 1. The third-order valence-corrected chi connectivity index (χ3v) is 3.04.